The molecule has 0 aliphatic heterocycles. The minimum atomic E-state index is -5.36. The number of alkyl halides is 3. The number of benzene rings is 1. The van der Waals surface area contributed by atoms with Gasteiger partial charge in [-0.05, 0) is 18.6 Å². The van der Waals surface area contributed by atoms with Crippen molar-refractivity contribution in [2.45, 2.75) is 16.8 Å². The first-order valence-corrected chi connectivity index (χ1v) is 7.30. The molecule has 0 radical (unpaired) electrons. The molecule has 0 heterocycles. The molecule has 0 bridgehead atoms. The summed E-state index contributed by atoms with van der Waals surface area (Å²) in [6.45, 7) is 0.830. The van der Waals surface area contributed by atoms with Gasteiger partial charge in [0.1, 0.15) is 0 Å². The number of sulfone groups is 1. The second-order valence-corrected chi connectivity index (χ2v) is 6.09. The highest BCUT2D eigenvalue weighted by Gasteiger charge is 2.48. The van der Waals surface area contributed by atoms with Gasteiger partial charge in [0, 0.05) is 27.3 Å². The highest BCUT2D eigenvalue weighted by molar-refractivity contribution is 7.92. The van der Waals surface area contributed by atoms with E-state index >= 15 is 0 Å². The van der Waals surface area contributed by atoms with Crippen molar-refractivity contribution >= 4 is 15.5 Å². The number of hydrogen-bond acceptors (Lipinski definition) is 4. The molecule has 4 nitrogen and oxygen atoms in total. The van der Waals surface area contributed by atoms with Crippen molar-refractivity contribution in [1.82, 2.24) is 0 Å². The molecule has 0 aliphatic carbocycles. The van der Waals surface area contributed by atoms with E-state index in [1.54, 1.807) is 7.05 Å². The van der Waals surface area contributed by atoms with Gasteiger partial charge in [-0.2, -0.15) is 13.2 Å². The summed E-state index contributed by atoms with van der Waals surface area (Å²) in [6.07, 6.45) is 0.577. The molecule has 0 spiro atoms. The van der Waals surface area contributed by atoms with E-state index in [0.29, 0.717) is 19.6 Å². The van der Waals surface area contributed by atoms with Crippen LogP contribution in [0, 0.1) is 0 Å². The first kappa shape index (κ1) is 16.8. The normalized spacial score (nSPS) is 12.4. The summed E-state index contributed by atoms with van der Waals surface area (Å²) in [6, 6.07) is 5.08. The van der Waals surface area contributed by atoms with Crippen LogP contribution in [0.5, 0.6) is 0 Å². The second kappa shape index (κ2) is 6.45. The fourth-order valence-corrected chi connectivity index (χ4v) is 2.70. The minimum absolute atomic E-state index is 0.0286. The van der Waals surface area contributed by atoms with E-state index in [2.05, 4.69) is 0 Å². The quantitative estimate of drug-likeness (QED) is 0.757. The molecule has 0 aliphatic rings. The number of halogens is 3. The maximum absolute atomic E-state index is 12.6. The molecule has 0 saturated heterocycles. The van der Waals surface area contributed by atoms with Gasteiger partial charge in [-0.1, -0.05) is 12.1 Å². The first-order valence-electron chi connectivity index (χ1n) is 5.82. The number of methoxy groups -OCH3 is 1. The lowest BCUT2D eigenvalue weighted by atomic mass is 10.3. The molecule has 1 aromatic carbocycles. The molecule has 0 aromatic heterocycles. The van der Waals surface area contributed by atoms with E-state index in [4.69, 9.17) is 4.74 Å². The monoisotopic (exact) mass is 311 g/mol. The Labute approximate surface area is 116 Å². The fraction of sp³-hybridized carbons (Fsp3) is 0.500. The van der Waals surface area contributed by atoms with Crippen molar-refractivity contribution in [2.75, 3.05) is 32.2 Å². The summed E-state index contributed by atoms with van der Waals surface area (Å²) >= 11 is 0. The lowest BCUT2D eigenvalue weighted by molar-refractivity contribution is -0.0435. The Morgan fingerprint density at radius 2 is 1.85 bits per heavy atom. The Balaban J connectivity index is 3.12. The molecule has 0 N–H and O–H groups in total. The zero-order valence-corrected chi connectivity index (χ0v) is 12.0. The Hall–Kier alpha value is -1.28. The zero-order valence-electron chi connectivity index (χ0n) is 11.1. The van der Waals surface area contributed by atoms with Crippen LogP contribution in [-0.4, -0.2) is 41.2 Å². The van der Waals surface area contributed by atoms with Crippen molar-refractivity contribution in [1.29, 1.82) is 0 Å². The van der Waals surface area contributed by atoms with Crippen molar-refractivity contribution in [3.63, 3.8) is 0 Å². The predicted molar refractivity (Wildman–Crippen MR) is 69.4 cm³/mol. The number of anilines is 1. The van der Waals surface area contributed by atoms with Gasteiger partial charge in [0.25, 0.3) is 9.84 Å². The van der Waals surface area contributed by atoms with E-state index in [9.17, 15) is 21.6 Å². The van der Waals surface area contributed by atoms with Crippen molar-refractivity contribution in [3.05, 3.63) is 24.3 Å². The van der Waals surface area contributed by atoms with Crippen LogP contribution in [0.15, 0.2) is 29.2 Å². The van der Waals surface area contributed by atoms with Gasteiger partial charge in [-0.15, -0.1) is 0 Å². The van der Waals surface area contributed by atoms with Gasteiger partial charge in [-0.25, -0.2) is 8.42 Å². The van der Waals surface area contributed by atoms with Crippen molar-refractivity contribution in [3.8, 4) is 0 Å². The second-order valence-electron chi connectivity index (χ2n) is 4.18. The van der Waals surface area contributed by atoms with Crippen LogP contribution in [0.3, 0.4) is 0 Å². The van der Waals surface area contributed by atoms with Crippen LogP contribution in [0.1, 0.15) is 6.42 Å². The lowest BCUT2D eigenvalue weighted by Gasteiger charge is -2.22. The summed E-state index contributed by atoms with van der Waals surface area (Å²) in [5, 5.41) is 0. The molecule has 1 aromatic rings. The molecule has 20 heavy (non-hydrogen) atoms. The summed E-state index contributed by atoms with van der Waals surface area (Å²) in [4.78, 5) is 0.741. The summed E-state index contributed by atoms with van der Waals surface area (Å²) in [7, 11) is -2.30. The van der Waals surface area contributed by atoms with Crippen molar-refractivity contribution in [2.24, 2.45) is 0 Å². The molecule has 8 heteroatoms. The van der Waals surface area contributed by atoms with Crippen LogP contribution < -0.4 is 4.90 Å². The molecular formula is C12H16F3NO3S. The van der Waals surface area contributed by atoms with E-state index < -0.39 is 20.2 Å². The molecule has 0 atom stereocenters. The zero-order chi connectivity index (χ0) is 15.4. The Morgan fingerprint density at radius 3 is 2.40 bits per heavy atom. The third-order valence-corrected chi connectivity index (χ3v) is 4.25. The van der Waals surface area contributed by atoms with Crippen molar-refractivity contribution < 1.29 is 26.3 Å². The molecule has 114 valence electrons. The Morgan fingerprint density at radius 1 is 1.25 bits per heavy atom. The topological polar surface area (TPSA) is 46.6 Å². The van der Waals surface area contributed by atoms with Crippen LogP contribution in [0.25, 0.3) is 0 Å². The molecule has 0 amide bonds. The maximum atomic E-state index is 12.6. The van der Waals surface area contributed by atoms with Crippen LogP contribution in [-0.2, 0) is 14.6 Å². The van der Waals surface area contributed by atoms with Gasteiger partial charge >= 0.3 is 5.51 Å². The fourth-order valence-electron chi connectivity index (χ4n) is 1.69. The van der Waals surface area contributed by atoms with E-state index in [1.807, 2.05) is 0 Å². The maximum Gasteiger partial charge on any atom is 0.501 e. The molecular weight excluding hydrogens is 295 g/mol. The average molecular weight is 311 g/mol. The van der Waals surface area contributed by atoms with Crippen LogP contribution in [0.2, 0.25) is 0 Å². The Bertz CT molecular complexity index is 543. The summed E-state index contributed by atoms with van der Waals surface area (Å²) in [5.74, 6) is 0. The first-order chi connectivity index (χ1) is 9.21. The van der Waals surface area contributed by atoms with Gasteiger partial charge in [0.2, 0.25) is 0 Å². The van der Waals surface area contributed by atoms with Crippen LogP contribution >= 0.6 is 0 Å². The third kappa shape index (κ3) is 3.63. The minimum Gasteiger partial charge on any atom is -0.385 e. The number of ether oxygens (including phenoxy) is 1. The predicted octanol–water partition coefficient (Wildman–Crippen LogP) is 2.45. The number of nitrogens with zero attached hydrogens (tertiary/aromatic N) is 1. The third-order valence-electron chi connectivity index (χ3n) is 2.71. The molecule has 0 unspecified atom stereocenters. The van der Waals surface area contributed by atoms with Gasteiger partial charge < -0.3 is 9.64 Å². The summed E-state index contributed by atoms with van der Waals surface area (Å²) < 4.78 is 65.8. The SMILES string of the molecule is COCCCN(C)c1ccccc1S(=O)(=O)C(F)(F)F. The summed E-state index contributed by atoms with van der Waals surface area (Å²) in [5.41, 5.74) is -5.28. The average Bonchev–Trinajstić information content (AvgIpc) is 2.37. The lowest BCUT2D eigenvalue weighted by Crippen LogP contribution is -2.27. The largest absolute Gasteiger partial charge is 0.501 e. The molecule has 0 saturated carbocycles. The van der Waals surface area contributed by atoms with Gasteiger partial charge in [0.05, 0.1) is 10.6 Å². The van der Waals surface area contributed by atoms with E-state index in [0.717, 1.165) is 6.07 Å². The number of hydrogen-bond donors (Lipinski definition) is 0. The van der Waals surface area contributed by atoms with E-state index in [-0.39, 0.29) is 5.69 Å². The highest BCUT2D eigenvalue weighted by Crippen LogP contribution is 2.35. The molecule has 1 rings (SSSR count). The highest BCUT2D eigenvalue weighted by atomic mass is 32.2. The smallest absolute Gasteiger partial charge is 0.385 e. The van der Waals surface area contributed by atoms with Crippen LogP contribution in [0.4, 0.5) is 18.9 Å². The van der Waals surface area contributed by atoms with Gasteiger partial charge in [-0.3, -0.25) is 0 Å². The number of para-hydroxylation sites is 1. The Kier molecular flexibility index (Phi) is 5.41. The molecule has 0 fully saturated rings. The number of rotatable bonds is 6. The van der Waals surface area contributed by atoms with Gasteiger partial charge in [0.15, 0.2) is 0 Å². The standard InChI is InChI=1S/C12H16F3NO3S/c1-16(8-5-9-19-2)10-6-3-4-7-11(10)20(17,18)12(13,14)15/h3-4,6-7H,5,8-9H2,1-2H3. The van der Waals surface area contributed by atoms with E-state index in [1.165, 1.54) is 30.2 Å².